The SMILES string of the molecule is CC1(C)OB(c2cccc(COC(N)=O)c2)OC1(C)C. The Balaban J connectivity index is 2.14. The fourth-order valence-corrected chi connectivity index (χ4v) is 1.96. The molecule has 5 nitrogen and oxygen atoms in total. The smallest absolute Gasteiger partial charge is 0.445 e. The number of hydrogen-bond acceptors (Lipinski definition) is 4. The lowest BCUT2D eigenvalue weighted by molar-refractivity contribution is 0.00578. The van der Waals surface area contributed by atoms with Crippen molar-refractivity contribution in [3.8, 4) is 0 Å². The van der Waals surface area contributed by atoms with Gasteiger partial charge < -0.3 is 19.8 Å². The first kappa shape index (κ1) is 14.9. The molecule has 0 unspecified atom stereocenters. The van der Waals surface area contributed by atoms with Gasteiger partial charge in [-0.1, -0.05) is 24.3 Å². The number of carbonyl (C=O) groups is 1. The molecule has 0 radical (unpaired) electrons. The van der Waals surface area contributed by atoms with Gasteiger partial charge >= 0.3 is 13.2 Å². The predicted octanol–water partition coefficient (Wildman–Crippen LogP) is 1.58. The molecule has 1 aromatic carbocycles. The van der Waals surface area contributed by atoms with Gasteiger partial charge in [-0.15, -0.1) is 0 Å². The molecule has 1 aliphatic rings. The van der Waals surface area contributed by atoms with Crippen molar-refractivity contribution in [2.45, 2.75) is 45.5 Å². The monoisotopic (exact) mass is 277 g/mol. The molecular weight excluding hydrogens is 257 g/mol. The van der Waals surface area contributed by atoms with Gasteiger partial charge in [-0.3, -0.25) is 0 Å². The highest BCUT2D eigenvalue weighted by atomic mass is 16.7. The molecule has 0 aliphatic carbocycles. The van der Waals surface area contributed by atoms with Crippen molar-refractivity contribution in [3.63, 3.8) is 0 Å². The van der Waals surface area contributed by atoms with Crippen LogP contribution >= 0.6 is 0 Å². The van der Waals surface area contributed by atoms with E-state index in [1.165, 1.54) is 0 Å². The summed E-state index contributed by atoms with van der Waals surface area (Å²) in [4.78, 5) is 10.6. The third kappa shape index (κ3) is 2.97. The minimum absolute atomic E-state index is 0.142. The minimum atomic E-state index is -0.786. The van der Waals surface area contributed by atoms with Gasteiger partial charge in [0.1, 0.15) is 6.61 Å². The van der Waals surface area contributed by atoms with Crippen LogP contribution in [0.1, 0.15) is 33.3 Å². The third-order valence-electron chi connectivity index (χ3n) is 3.86. The Morgan fingerprint density at radius 3 is 2.40 bits per heavy atom. The van der Waals surface area contributed by atoms with Crippen LogP contribution in [0.4, 0.5) is 4.79 Å². The molecule has 1 aliphatic heterocycles. The Kier molecular flexibility index (Phi) is 3.80. The first-order chi connectivity index (χ1) is 9.21. The van der Waals surface area contributed by atoms with Crippen LogP contribution in [0, 0.1) is 0 Å². The number of carbonyl (C=O) groups excluding carboxylic acids is 1. The summed E-state index contributed by atoms with van der Waals surface area (Å²) in [5, 5.41) is 0. The van der Waals surface area contributed by atoms with E-state index in [2.05, 4.69) is 0 Å². The maximum atomic E-state index is 10.6. The molecule has 2 rings (SSSR count). The lowest BCUT2D eigenvalue weighted by atomic mass is 9.78. The van der Waals surface area contributed by atoms with E-state index in [1.807, 2.05) is 52.0 Å². The molecule has 108 valence electrons. The summed E-state index contributed by atoms with van der Waals surface area (Å²) in [7, 11) is -0.423. The van der Waals surface area contributed by atoms with E-state index in [0.29, 0.717) is 0 Å². The lowest BCUT2D eigenvalue weighted by Gasteiger charge is -2.32. The molecular formula is C14H20BNO4. The number of benzene rings is 1. The molecule has 0 bridgehead atoms. The summed E-state index contributed by atoms with van der Waals surface area (Å²) < 4.78 is 16.7. The molecule has 1 heterocycles. The van der Waals surface area contributed by atoms with Gasteiger partial charge in [-0.05, 0) is 38.7 Å². The van der Waals surface area contributed by atoms with Crippen LogP contribution in [0.5, 0.6) is 0 Å². The predicted molar refractivity (Wildman–Crippen MR) is 76.5 cm³/mol. The summed E-state index contributed by atoms with van der Waals surface area (Å²) in [6.07, 6.45) is -0.786. The Morgan fingerprint density at radius 1 is 1.25 bits per heavy atom. The fraction of sp³-hybridized carbons (Fsp3) is 0.500. The molecule has 2 N–H and O–H groups in total. The molecule has 0 aromatic heterocycles. The largest absolute Gasteiger partial charge is 0.494 e. The van der Waals surface area contributed by atoms with Gasteiger partial charge in [0.15, 0.2) is 0 Å². The molecule has 0 spiro atoms. The lowest BCUT2D eigenvalue weighted by Crippen LogP contribution is -2.41. The van der Waals surface area contributed by atoms with Gasteiger partial charge in [0, 0.05) is 0 Å². The first-order valence-electron chi connectivity index (χ1n) is 6.58. The number of rotatable bonds is 3. The normalized spacial score (nSPS) is 19.9. The molecule has 20 heavy (non-hydrogen) atoms. The molecule has 0 saturated carbocycles. The summed E-state index contributed by atoms with van der Waals surface area (Å²) in [5.41, 5.74) is 5.95. The van der Waals surface area contributed by atoms with Crippen LogP contribution in [0.25, 0.3) is 0 Å². The van der Waals surface area contributed by atoms with Crippen LogP contribution in [0.2, 0.25) is 0 Å². The van der Waals surface area contributed by atoms with E-state index in [4.69, 9.17) is 19.8 Å². The van der Waals surface area contributed by atoms with E-state index in [1.54, 1.807) is 0 Å². The van der Waals surface area contributed by atoms with Crippen molar-refractivity contribution in [1.29, 1.82) is 0 Å². The Labute approximate surface area is 119 Å². The number of amides is 1. The van der Waals surface area contributed by atoms with Crippen molar-refractivity contribution in [2.75, 3.05) is 0 Å². The van der Waals surface area contributed by atoms with Gasteiger partial charge in [0.05, 0.1) is 11.2 Å². The van der Waals surface area contributed by atoms with E-state index in [0.717, 1.165) is 11.0 Å². The van der Waals surface area contributed by atoms with Crippen LogP contribution in [-0.4, -0.2) is 24.4 Å². The molecule has 1 saturated heterocycles. The standard InChI is InChI=1S/C14H20BNO4/c1-13(2)14(3,4)20-15(19-13)11-7-5-6-10(8-11)9-18-12(16)17/h5-8H,9H2,1-4H3,(H2,16,17). The second-order valence-corrected chi connectivity index (χ2v) is 5.94. The van der Waals surface area contributed by atoms with Crippen molar-refractivity contribution in [2.24, 2.45) is 5.73 Å². The number of nitrogens with two attached hydrogens (primary N) is 1. The highest BCUT2D eigenvalue weighted by molar-refractivity contribution is 6.62. The van der Waals surface area contributed by atoms with E-state index in [9.17, 15) is 4.79 Å². The van der Waals surface area contributed by atoms with Gasteiger partial charge in [-0.25, -0.2) is 4.79 Å². The van der Waals surface area contributed by atoms with Crippen LogP contribution in [0.3, 0.4) is 0 Å². The summed E-state index contributed by atoms with van der Waals surface area (Å²) in [5.74, 6) is 0. The second kappa shape index (κ2) is 5.11. The van der Waals surface area contributed by atoms with Crippen molar-refractivity contribution in [1.82, 2.24) is 0 Å². The number of primary amides is 1. The van der Waals surface area contributed by atoms with Crippen molar-refractivity contribution >= 4 is 18.7 Å². The summed E-state index contributed by atoms with van der Waals surface area (Å²) >= 11 is 0. The maximum Gasteiger partial charge on any atom is 0.494 e. The second-order valence-electron chi connectivity index (χ2n) is 5.94. The zero-order valence-corrected chi connectivity index (χ0v) is 12.3. The van der Waals surface area contributed by atoms with Crippen LogP contribution < -0.4 is 11.2 Å². The van der Waals surface area contributed by atoms with Gasteiger partial charge in [-0.2, -0.15) is 0 Å². The Bertz CT molecular complexity index is 500. The molecule has 6 heteroatoms. The average Bonchev–Trinajstić information content (AvgIpc) is 2.56. The molecule has 1 fully saturated rings. The number of ether oxygens (including phenoxy) is 1. The minimum Gasteiger partial charge on any atom is -0.445 e. The summed E-state index contributed by atoms with van der Waals surface area (Å²) in [6, 6.07) is 7.55. The van der Waals surface area contributed by atoms with Gasteiger partial charge in [0.2, 0.25) is 0 Å². The highest BCUT2D eigenvalue weighted by Crippen LogP contribution is 2.36. The van der Waals surface area contributed by atoms with E-state index < -0.39 is 13.2 Å². The zero-order chi connectivity index (χ0) is 15.0. The number of hydrogen-bond donors (Lipinski definition) is 1. The van der Waals surface area contributed by atoms with E-state index >= 15 is 0 Å². The average molecular weight is 277 g/mol. The van der Waals surface area contributed by atoms with Gasteiger partial charge in [0.25, 0.3) is 0 Å². The van der Waals surface area contributed by atoms with Crippen molar-refractivity contribution in [3.05, 3.63) is 29.8 Å². The van der Waals surface area contributed by atoms with Crippen LogP contribution in [0.15, 0.2) is 24.3 Å². The Morgan fingerprint density at radius 2 is 1.85 bits per heavy atom. The molecule has 1 aromatic rings. The van der Waals surface area contributed by atoms with E-state index in [-0.39, 0.29) is 17.8 Å². The zero-order valence-electron chi connectivity index (χ0n) is 12.3. The summed E-state index contributed by atoms with van der Waals surface area (Å²) in [6.45, 7) is 8.17. The Hall–Kier alpha value is -1.53. The topological polar surface area (TPSA) is 70.8 Å². The molecule has 1 amide bonds. The van der Waals surface area contributed by atoms with Crippen molar-refractivity contribution < 1.29 is 18.8 Å². The fourth-order valence-electron chi connectivity index (χ4n) is 1.96. The third-order valence-corrected chi connectivity index (χ3v) is 3.86. The van der Waals surface area contributed by atoms with Crippen LogP contribution in [-0.2, 0) is 20.7 Å². The first-order valence-corrected chi connectivity index (χ1v) is 6.58. The quantitative estimate of drug-likeness (QED) is 0.851. The highest BCUT2D eigenvalue weighted by Gasteiger charge is 2.51. The molecule has 0 atom stereocenters. The maximum absolute atomic E-state index is 10.6.